The van der Waals surface area contributed by atoms with Gasteiger partial charge in [-0.15, -0.1) is 0 Å². The molecule has 46 heavy (non-hydrogen) atoms. The van der Waals surface area contributed by atoms with E-state index >= 15 is 0 Å². The molecule has 241 valence electrons. The molecule has 12 nitrogen and oxygen atoms in total. The van der Waals surface area contributed by atoms with Crippen molar-refractivity contribution in [2.45, 2.75) is 13.8 Å². The van der Waals surface area contributed by atoms with Crippen molar-refractivity contribution in [2.75, 3.05) is 41.4 Å². The monoisotopic (exact) mass is 686 g/mol. The molecule has 2 aliphatic heterocycles. The van der Waals surface area contributed by atoms with E-state index in [9.17, 15) is 19.2 Å². The topological polar surface area (TPSA) is 151 Å². The van der Waals surface area contributed by atoms with Crippen molar-refractivity contribution in [2.24, 2.45) is 0 Å². The van der Waals surface area contributed by atoms with Gasteiger partial charge in [0, 0.05) is 45.3 Å². The average Bonchev–Trinajstić information content (AvgIpc) is 3.79. The van der Waals surface area contributed by atoms with Crippen LogP contribution in [-0.2, 0) is 26.5 Å². The van der Waals surface area contributed by atoms with E-state index in [2.05, 4.69) is 19.9 Å². The fourth-order valence-corrected chi connectivity index (χ4v) is 4.94. The Morgan fingerprint density at radius 3 is 1.22 bits per heavy atom. The number of rotatable bonds is 6. The first-order valence-electron chi connectivity index (χ1n) is 14.0. The van der Waals surface area contributed by atoms with Crippen LogP contribution in [-0.4, -0.2) is 94.9 Å². The van der Waals surface area contributed by atoms with Crippen molar-refractivity contribution in [3.8, 4) is 0 Å². The zero-order chi connectivity index (χ0) is 31.7. The van der Waals surface area contributed by atoms with Gasteiger partial charge in [0.05, 0.1) is 69.2 Å². The van der Waals surface area contributed by atoms with E-state index in [1.807, 2.05) is 0 Å². The minimum Gasteiger partial charge on any atom is -1.00 e. The zero-order valence-corrected chi connectivity index (χ0v) is 28.0. The number of halogens is 1. The van der Waals surface area contributed by atoms with E-state index in [0.29, 0.717) is 22.1 Å². The van der Waals surface area contributed by atoms with E-state index < -0.39 is 11.9 Å². The molecule has 2 amide bonds. The maximum absolute atomic E-state index is 13.5. The Morgan fingerprint density at radius 1 is 0.587 bits per heavy atom. The molecular formula is C32H32ClMnN6O6-. The van der Waals surface area contributed by atoms with Crippen LogP contribution in [0, 0.1) is 0 Å². The van der Waals surface area contributed by atoms with Gasteiger partial charge in [0.2, 0.25) is 0 Å². The number of H-pyrrole nitrogens is 2. The third kappa shape index (κ3) is 6.62. The molecular weight excluding hydrogens is 655 g/mol. The zero-order valence-electron chi connectivity index (χ0n) is 26.0. The Kier molecular flexibility index (Phi) is 11.3. The molecule has 1 radical (unpaired) electrons. The minimum absolute atomic E-state index is 0. The summed E-state index contributed by atoms with van der Waals surface area (Å²) in [6.45, 7) is 3.65. The van der Waals surface area contributed by atoms with Crippen molar-refractivity contribution in [3.63, 3.8) is 0 Å². The second-order valence-electron chi connectivity index (χ2n) is 10.3. The van der Waals surface area contributed by atoms with Crippen molar-refractivity contribution in [1.29, 1.82) is 0 Å². The van der Waals surface area contributed by atoms with E-state index in [4.69, 9.17) is 9.47 Å². The molecule has 5 rings (SSSR count). The van der Waals surface area contributed by atoms with Gasteiger partial charge in [-0.1, -0.05) is 0 Å². The number of nitrogens with one attached hydrogen (secondary N) is 2. The molecule has 3 aromatic heterocycles. The average molecular weight is 687 g/mol. The quantitative estimate of drug-likeness (QED) is 0.201. The first-order chi connectivity index (χ1) is 21.0. The number of nitrogens with zero attached hydrogens (tertiary/aromatic N) is 4. The van der Waals surface area contributed by atoms with Gasteiger partial charge >= 0.3 is 11.9 Å². The van der Waals surface area contributed by atoms with Crippen LogP contribution in [0.1, 0.15) is 78.1 Å². The molecule has 0 aliphatic carbocycles. The molecule has 2 aliphatic rings. The molecule has 0 spiro atoms. The van der Waals surface area contributed by atoms with Gasteiger partial charge in [-0.3, -0.25) is 9.59 Å². The SMILES string of the molecule is CCOC(=O)c1c2nc(c(C(=O)N(C)C)c3nc(c(C(=O)OCC)c4ccc([nH]4)c(C(=O)N(C)C)c4ccc1[nH]4)C=C3)C=C2.[Cl-].[Mn]. The summed E-state index contributed by atoms with van der Waals surface area (Å²) >= 11 is 0. The van der Waals surface area contributed by atoms with Gasteiger partial charge in [0.25, 0.3) is 11.8 Å². The Balaban J connectivity index is 0.00000288. The van der Waals surface area contributed by atoms with Crippen LogP contribution in [0.5, 0.6) is 0 Å². The second kappa shape index (κ2) is 14.6. The van der Waals surface area contributed by atoms with Crippen molar-refractivity contribution < 1.29 is 58.1 Å². The van der Waals surface area contributed by atoms with Crippen LogP contribution < -0.4 is 12.4 Å². The number of esters is 2. The molecule has 8 bridgehead atoms. The molecule has 0 fully saturated rings. The van der Waals surface area contributed by atoms with E-state index in [0.717, 1.165) is 0 Å². The molecule has 0 aromatic carbocycles. The van der Waals surface area contributed by atoms with Crippen LogP contribution in [0.3, 0.4) is 0 Å². The fraction of sp³-hybridized carbons (Fsp3) is 0.250. The van der Waals surface area contributed by atoms with E-state index in [1.54, 1.807) is 90.6 Å². The Bertz CT molecular complexity index is 1830. The van der Waals surface area contributed by atoms with Crippen LogP contribution in [0.25, 0.3) is 46.4 Å². The second-order valence-corrected chi connectivity index (χ2v) is 10.3. The maximum Gasteiger partial charge on any atom is 0.342 e. The van der Waals surface area contributed by atoms with Gasteiger partial charge in [-0.2, -0.15) is 0 Å². The van der Waals surface area contributed by atoms with Gasteiger partial charge in [-0.05, 0) is 62.4 Å². The number of amides is 2. The normalized spacial score (nSPS) is 11.3. The summed E-state index contributed by atoms with van der Waals surface area (Å²) in [5.74, 6) is -1.96. The number of hydrogen-bond donors (Lipinski definition) is 2. The summed E-state index contributed by atoms with van der Waals surface area (Å²) < 4.78 is 10.8. The number of carbonyl (C=O) groups is 4. The van der Waals surface area contributed by atoms with Gasteiger partial charge in [-0.25, -0.2) is 19.6 Å². The summed E-state index contributed by atoms with van der Waals surface area (Å²) in [4.78, 5) is 72.2. The van der Waals surface area contributed by atoms with Gasteiger partial charge < -0.3 is 41.6 Å². The fourth-order valence-electron chi connectivity index (χ4n) is 4.94. The van der Waals surface area contributed by atoms with Crippen LogP contribution in [0.4, 0.5) is 0 Å². The van der Waals surface area contributed by atoms with Crippen LogP contribution >= 0.6 is 0 Å². The van der Waals surface area contributed by atoms with Gasteiger partial charge in [0.15, 0.2) is 0 Å². The Morgan fingerprint density at radius 2 is 0.891 bits per heavy atom. The molecule has 2 N–H and O–H groups in total. The van der Waals surface area contributed by atoms with E-state index in [-0.39, 0.29) is 99.5 Å². The Hall–Kier alpha value is -4.71. The summed E-state index contributed by atoms with van der Waals surface area (Å²) in [6, 6.07) is 6.69. The summed E-state index contributed by atoms with van der Waals surface area (Å²) in [7, 11) is 6.47. The predicted molar refractivity (Wildman–Crippen MR) is 167 cm³/mol. The Labute approximate surface area is 281 Å². The first kappa shape index (κ1) is 35.8. The summed E-state index contributed by atoms with van der Waals surface area (Å²) in [5.41, 5.74) is 3.33. The van der Waals surface area contributed by atoms with E-state index in [1.165, 1.54) is 9.80 Å². The smallest absolute Gasteiger partial charge is 0.342 e. The van der Waals surface area contributed by atoms with Crippen molar-refractivity contribution in [3.05, 3.63) is 69.3 Å². The number of aromatic nitrogens is 4. The number of hydrogen-bond acceptors (Lipinski definition) is 8. The molecule has 0 atom stereocenters. The number of fused-ring (bicyclic) bond motifs is 8. The summed E-state index contributed by atoms with van der Waals surface area (Å²) in [5, 5.41) is 0. The third-order valence-corrected chi connectivity index (χ3v) is 6.95. The molecule has 14 heteroatoms. The van der Waals surface area contributed by atoms with Crippen LogP contribution in [0.15, 0.2) is 24.3 Å². The molecule has 0 saturated heterocycles. The maximum atomic E-state index is 13.5. The standard InChI is InChI=1S/C32H32N6O6.ClH.Mn/c1-7-43-31(41)27-21-13-9-17(33-21)25(29(39)37(3)4)19-11-15-23(35-19)28(32(42)44-8-2)24-16-12-20(36-24)26(30(40)38(5)6)18-10-14-22(27)34-18;;/h9-16,33,35H,7-8H2,1-6H3;1H;/p-1. The molecule has 5 heterocycles. The first-order valence-corrected chi connectivity index (χ1v) is 14.0. The van der Waals surface area contributed by atoms with Crippen LogP contribution in [0.2, 0.25) is 0 Å². The number of aromatic amines is 2. The largest absolute Gasteiger partial charge is 1.00 e. The van der Waals surface area contributed by atoms with Crippen molar-refractivity contribution in [1.82, 2.24) is 29.7 Å². The van der Waals surface area contributed by atoms with Crippen molar-refractivity contribution >= 4 is 70.1 Å². The summed E-state index contributed by atoms with van der Waals surface area (Å²) in [6.07, 6.45) is 6.49. The molecule has 3 aromatic rings. The van der Waals surface area contributed by atoms with Gasteiger partial charge in [0.1, 0.15) is 11.1 Å². The number of carbonyl (C=O) groups excluding carboxylic acids is 4. The number of ether oxygens (including phenoxy) is 2. The molecule has 0 saturated carbocycles. The minimum atomic E-state index is -0.628. The third-order valence-electron chi connectivity index (χ3n) is 6.95. The molecule has 0 unspecified atom stereocenters. The predicted octanol–water partition coefficient (Wildman–Crippen LogP) is 1.41.